The molecular formula is C18H22O. The van der Waals surface area contributed by atoms with E-state index < -0.39 is 0 Å². The molecule has 1 aromatic rings. The van der Waals surface area contributed by atoms with Gasteiger partial charge in [-0.25, -0.2) is 0 Å². The summed E-state index contributed by atoms with van der Waals surface area (Å²) in [6.07, 6.45) is 6.99. The first kappa shape index (κ1) is 15.2. The molecule has 19 heavy (non-hydrogen) atoms. The molecule has 1 aromatic carbocycles. The van der Waals surface area contributed by atoms with E-state index in [9.17, 15) is 4.79 Å². The SMILES string of the molecule is CCCC/C(C#Cc1ccccc1)=C/C(C)CC=O. The highest BCUT2D eigenvalue weighted by molar-refractivity contribution is 5.50. The molecule has 0 aliphatic heterocycles. The van der Waals surface area contributed by atoms with Crippen molar-refractivity contribution >= 4 is 6.29 Å². The second-order valence-electron chi connectivity index (χ2n) is 4.79. The van der Waals surface area contributed by atoms with Crippen molar-refractivity contribution in [3.8, 4) is 11.8 Å². The number of hydrogen-bond donors (Lipinski definition) is 0. The van der Waals surface area contributed by atoms with Crippen LogP contribution in [-0.4, -0.2) is 6.29 Å². The van der Waals surface area contributed by atoms with Crippen molar-refractivity contribution < 1.29 is 4.79 Å². The van der Waals surface area contributed by atoms with Gasteiger partial charge >= 0.3 is 0 Å². The molecule has 1 unspecified atom stereocenters. The normalized spacial score (nSPS) is 12.4. The van der Waals surface area contributed by atoms with E-state index in [1.165, 1.54) is 0 Å². The molecule has 1 nitrogen and oxygen atoms in total. The molecule has 1 heteroatoms. The maximum absolute atomic E-state index is 10.5. The third-order valence-corrected chi connectivity index (χ3v) is 2.89. The number of allylic oxidation sites excluding steroid dienone is 2. The zero-order chi connectivity index (χ0) is 13.9. The minimum absolute atomic E-state index is 0.273. The molecule has 0 spiro atoms. The highest BCUT2D eigenvalue weighted by atomic mass is 16.1. The van der Waals surface area contributed by atoms with E-state index >= 15 is 0 Å². The first-order chi connectivity index (χ1) is 9.26. The first-order valence-electron chi connectivity index (χ1n) is 6.97. The first-order valence-corrected chi connectivity index (χ1v) is 6.97. The summed E-state index contributed by atoms with van der Waals surface area (Å²) in [5.74, 6) is 6.72. The van der Waals surface area contributed by atoms with Crippen molar-refractivity contribution in [3.05, 3.63) is 47.5 Å². The zero-order valence-corrected chi connectivity index (χ0v) is 11.9. The summed E-state index contributed by atoms with van der Waals surface area (Å²) in [5, 5.41) is 0. The lowest BCUT2D eigenvalue weighted by Crippen LogP contribution is -1.93. The topological polar surface area (TPSA) is 17.1 Å². The van der Waals surface area contributed by atoms with E-state index in [1.54, 1.807) is 0 Å². The summed E-state index contributed by atoms with van der Waals surface area (Å²) in [7, 11) is 0. The lowest BCUT2D eigenvalue weighted by atomic mass is 10.0. The number of rotatable bonds is 6. The standard InChI is InChI=1S/C18H22O/c1-3-4-8-18(15-16(2)13-14-19)12-11-17-9-6-5-7-10-17/h5-7,9-10,14-16H,3-4,8,13H2,1-2H3/b18-15-. The van der Waals surface area contributed by atoms with Crippen molar-refractivity contribution in [2.24, 2.45) is 5.92 Å². The highest BCUT2D eigenvalue weighted by Crippen LogP contribution is 2.12. The van der Waals surface area contributed by atoms with Crippen LogP contribution < -0.4 is 0 Å². The predicted octanol–water partition coefficient (Wildman–Crippen LogP) is 4.38. The van der Waals surface area contributed by atoms with Gasteiger partial charge in [-0.3, -0.25) is 0 Å². The average molecular weight is 254 g/mol. The number of unbranched alkanes of at least 4 members (excludes halogenated alkanes) is 1. The summed E-state index contributed by atoms with van der Waals surface area (Å²) in [5.41, 5.74) is 2.19. The average Bonchev–Trinajstić information content (AvgIpc) is 2.43. The van der Waals surface area contributed by atoms with Crippen LogP contribution in [0.25, 0.3) is 0 Å². The summed E-state index contributed by atoms with van der Waals surface area (Å²) in [4.78, 5) is 10.5. The molecule has 0 fully saturated rings. The quantitative estimate of drug-likeness (QED) is 0.544. The van der Waals surface area contributed by atoms with Gasteiger partial charge in [-0.05, 0) is 36.5 Å². The van der Waals surface area contributed by atoms with Gasteiger partial charge in [-0.15, -0.1) is 0 Å². The summed E-state index contributed by atoms with van der Waals surface area (Å²) < 4.78 is 0. The number of carbonyl (C=O) groups is 1. The molecule has 0 saturated heterocycles. The molecule has 1 atom stereocenters. The molecule has 0 saturated carbocycles. The highest BCUT2D eigenvalue weighted by Gasteiger charge is 1.99. The van der Waals surface area contributed by atoms with E-state index in [2.05, 4.69) is 31.8 Å². The van der Waals surface area contributed by atoms with Crippen LogP contribution in [0.5, 0.6) is 0 Å². The third kappa shape index (κ3) is 6.62. The van der Waals surface area contributed by atoms with Crippen LogP contribution in [0.1, 0.15) is 45.1 Å². The maximum Gasteiger partial charge on any atom is 0.120 e. The number of hydrogen-bond acceptors (Lipinski definition) is 1. The van der Waals surface area contributed by atoms with Gasteiger partial charge < -0.3 is 4.79 Å². The second kappa shape index (κ2) is 9.16. The Bertz CT molecular complexity index is 459. The predicted molar refractivity (Wildman–Crippen MR) is 80.8 cm³/mol. The molecule has 100 valence electrons. The van der Waals surface area contributed by atoms with Crippen LogP contribution in [0.3, 0.4) is 0 Å². The van der Waals surface area contributed by atoms with Crippen LogP contribution in [0.15, 0.2) is 42.0 Å². The minimum atomic E-state index is 0.273. The molecule has 1 rings (SSSR count). The smallest absolute Gasteiger partial charge is 0.120 e. The van der Waals surface area contributed by atoms with E-state index in [0.29, 0.717) is 6.42 Å². The fourth-order valence-corrected chi connectivity index (χ4v) is 1.79. The summed E-state index contributed by atoms with van der Waals surface area (Å²) in [6, 6.07) is 10.0. The molecular weight excluding hydrogens is 232 g/mol. The fourth-order valence-electron chi connectivity index (χ4n) is 1.79. The number of carbonyl (C=O) groups excluding carboxylic acids is 1. The van der Waals surface area contributed by atoms with Crippen molar-refractivity contribution in [2.75, 3.05) is 0 Å². The Morgan fingerprint density at radius 1 is 1.32 bits per heavy atom. The van der Waals surface area contributed by atoms with Gasteiger partial charge in [0.2, 0.25) is 0 Å². The molecule has 0 aliphatic carbocycles. The number of aldehydes is 1. The van der Waals surface area contributed by atoms with Crippen LogP contribution in [0, 0.1) is 17.8 Å². The Labute approximate surface area is 116 Å². The van der Waals surface area contributed by atoms with Gasteiger partial charge in [0.25, 0.3) is 0 Å². The van der Waals surface area contributed by atoms with Crippen LogP contribution >= 0.6 is 0 Å². The van der Waals surface area contributed by atoms with Gasteiger partial charge in [0, 0.05) is 12.0 Å². The van der Waals surface area contributed by atoms with Gasteiger partial charge in [0.05, 0.1) is 0 Å². The van der Waals surface area contributed by atoms with Crippen molar-refractivity contribution in [1.29, 1.82) is 0 Å². The van der Waals surface area contributed by atoms with Gasteiger partial charge in [0.1, 0.15) is 6.29 Å². The molecule has 0 aromatic heterocycles. The zero-order valence-electron chi connectivity index (χ0n) is 11.9. The minimum Gasteiger partial charge on any atom is -0.303 e. The second-order valence-corrected chi connectivity index (χ2v) is 4.79. The van der Waals surface area contributed by atoms with Gasteiger partial charge in [-0.2, -0.15) is 0 Å². The third-order valence-electron chi connectivity index (χ3n) is 2.89. The van der Waals surface area contributed by atoms with Crippen molar-refractivity contribution in [3.63, 3.8) is 0 Å². The maximum atomic E-state index is 10.5. The lowest BCUT2D eigenvalue weighted by molar-refractivity contribution is -0.108. The number of benzene rings is 1. The van der Waals surface area contributed by atoms with E-state index in [4.69, 9.17) is 0 Å². The Kier molecular flexibility index (Phi) is 7.35. The molecule has 0 radical (unpaired) electrons. The fraction of sp³-hybridized carbons (Fsp3) is 0.389. The largest absolute Gasteiger partial charge is 0.303 e. The van der Waals surface area contributed by atoms with E-state index in [0.717, 1.165) is 36.7 Å². The Morgan fingerprint density at radius 3 is 2.68 bits per heavy atom. The van der Waals surface area contributed by atoms with Crippen LogP contribution in [-0.2, 0) is 4.79 Å². The van der Waals surface area contributed by atoms with E-state index in [-0.39, 0.29) is 5.92 Å². The lowest BCUT2D eigenvalue weighted by Gasteiger charge is -2.03. The van der Waals surface area contributed by atoms with Gasteiger partial charge in [0.15, 0.2) is 0 Å². The molecule has 0 bridgehead atoms. The Balaban J connectivity index is 2.80. The summed E-state index contributed by atoms with van der Waals surface area (Å²) in [6.45, 7) is 4.24. The Hall–Kier alpha value is -1.81. The summed E-state index contributed by atoms with van der Waals surface area (Å²) >= 11 is 0. The van der Waals surface area contributed by atoms with Crippen LogP contribution in [0.2, 0.25) is 0 Å². The van der Waals surface area contributed by atoms with Crippen LogP contribution in [0.4, 0.5) is 0 Å². The molecule has 0 amide bonds. The van der Waals surface area contributed by atoms with E-state index in [1.807, 2.05) is 30.3 Å². The van der Waals surface area contributed by atoms with Crippen molar-refractivity contribution in [2.45, 2.75) is 39.5 Å². The molecule has 0 aliphatic rings. The van der Waals surface area contributed by atoms with Gasteiger partial charge in [-0.1, -0.05) is 56.4 Å². The Morgan fingerprint density at radius 2 is 2.05 bits per heavy atom. The molecule has 0 heterocycles. The van der Waals surface area contributed by atoms with Crippen molar-refractivity contribution in [1.82, 2.24) is 0 Å². The monoisotopic (exact) mass is 254 g/mol. The molecule has 0 N–H and O–H groups in total.